The van der Waals surface area contributed by atoms with Crippen LogP contribution in [0.15, 0.2) is 63.9 Å². The van der Waals surface area contributed by atoms with E-state index in [1.807, 2.05) is 36.4 Å². The van der Waals surface area contributed by atoms with Crippen molar-refractivity contribution < 1.29 is 5.11 Å². The van der Waals surface area contributed by atoms with Gasteiger partial charge in [0.25, 0.3) is 0 Å². The summed E-state index contributed by atoms with van der Waals surface area (Å²) in [5.41, 5.74) is 1.22. The van der Waals surface area contributed by atoms with Gasteiger partial charge in [0.2, 0.25) is 0 Å². The quantitative estimate of drug-likeness (QED) is 0.772. The van der Waals surface area contributed by atoms with E-state index >= 15 is 0 Å². The lowest BCUT2D eigenvalue weighted by molar-refractivity contribution is 0.128. The highest BCUT2D eigenvalue weighted by Crippen LogP contribution is 2.25. The molecule has 2 unspecified atom stereocenters. The smallest absolute Gasteiger partial charge is 0.181 e. The Hall–Kier alpha value is -2.08. The highest BCUT2D eigenvalue weighted by molar-refractivity contribution is 7.17. The van der Waals surface area contributed by atoms with Gasteiger partial charge in [0.1, 0.15) is 6.17 Å². The normalized spacial score (nSPS) is 20.2. The monoisotopic (exact) mass is 309 g/mol. The van der Waals surface area contributed by atoms with Crippen LogP contribution in [0.2, 0.25) is 0 Å². The highest BCUT2D eigenvalue weighted by Gasteiger charge is 2.19. The van der Waals surface area contributed by atoms with Gasteiger partial charge in [-0.05, 0) is 34.5 Å². The Kier molecular flexibility index (Phi) is 3.46. The number of nitrogens with one attached hydrogen (secondary N) is 1. The van der Waals surface area contributed by atoms with Crippen LogP contribution in [0.3, 0.4) is 0 Å². The maximum atomic E-state index is 10.1. The molecule has 0 saturated carbocycles. The van der Waals surface area contributed by atoms with Crippen molar-refractivity contribution in [3.8, 4) is 0 Å². The Morgan fingerprint density at radius 3 is 2.59 bits per heavy atom. The van der Waals surface area contributed by atoms with Gasteiger partial charge in [0.05, 0.1) is 10.7 Å². The van der Waals surface area contributed by atoms with Crippen LogP contribution >= 0.6 is 11.3 Å². The number of hydrogen-bond donors (Lipinski definition) is 2. The van der Waals surface area contributed by atoms with E-state index in [0.29, 0.717) is 6.54 Å². The number of nitrogens with zero attached hydrogens (tertiary/aromatic N) is 2. The summed E-state index contributed by atoms with van der Waals surface area (Å²) in [7, 11) is 0. The van der Waals surface area contributed by atoms with Crippen molar-refractivity contribution in [2.24, 2.45) is 9.98 Å². The molecule has 5 heteroatoms. The number of rotatable bonds is 3. The lowest BCUT2D eigenvalue weighted by Gasteiger charge is -2.20. The molecule has 2 N–H and O–H groups in total. The Morgan fingerprint density at radius 2 is 1.73 bits per heavy atom. The van der Waals surface area contributed by atoms with E-state index in [4.69, 9.17) is 0 Å². The van der Waals surface area contributed by atoms with E-state index in [1.165, 1.54) is 15.6 Å². The van der Waals surface area contributed by atoms with Gasteiger partial charge in [0, 0.05) is 11.2 Å². The number of hydrogen-bond acceptors (Lipinski definition) is 5. The van der Waals surface area contributed by atoms with E-state index in [0.717, 1.165) is 10.7 Å². The van der Waals surface area contributed by atoms with Crippen LogP contribution in [-0.2, 0) is 6.54 Å². The molecule has 0 aliphatic carbocycles. The standard InChI is InChI=1S/C17H15N3OS/c21-17-16(19-13-6-2-3-7-14(13)20-17)18-9-11-10-22-15-8-4-1-5-12(11)15/h1-8,10,16-18,21H,9H2. The second-order valence-corrected chi connectivity index (χ2v) is 6.15. The predicted molar refractivity (Wildman–Crippen MR) is 87.2 cm³/mol. The van der Waals surface area contributed by atoms with Gasteiger partial charge >= 0.3 is 0 Å². The van der Waals surface area contributed by atoms with Crippen LogP contribution in [0.1, 0.15) is 5.56 Å². The van der Waals surface area contributed by atoms with Crippen LogP contribution in [-0.4, -0.2) is 17.5 Å². The molecule has 4 rings (SSSR count). The second kappa shape index (κ2) is 5.61. The van der Waals surface area contributed by atoms with E-state index in [1.54, 1.807) is 11.3 Å². The summed E-state index contributed by atoms with van der Waals surface area (Å²) in [6, 6.07) is 15.9. The molecule has 2 heterocycles. The predicted octanol–water partition coefficient (Wildman–Crippen LogP) is 1.59. The minimum atomic E-state index is -0.847. The minimum absolute atomic E-state index is 0.409. The summed E-state index contributed by atoms with van der Waals surface area (Å²) >= 11 is 1.73. The lowest BCUT2D eigenvalue weighted by Crippen LogP contribution is -2.45. The van der Waals surface area contributed by atoms with Gasteiger partial charge in [-0.2, -0.15) is 0 Å². The highest BCUT2D eigenvalue weighted by atomic mass is 32.1. The Labute approximate surface area is 131 Å². The number of aliphatic hydroxyl groups is 1. The van der Waals surface area contributed by atoms with E-state index in [-0.39, 0.29) is 0 Å². The first-order valence-electron chi connectivity index (χ1n) is 7.18. The molecule has 4 nitrogen and oxygen atoms in total. The van der Waals surface area contributed by atoms with Gasteiger partial charge in [-0.1, -0.05) is 30.3 Å². The molecule has 110 valence electrons. The van der Waals surface area contributed by atoms with Crippen molar-refractivity contribution in [1.82, 2.24) is 5.32 Å². The van der Waals surface area contributed by atoms with Gasteiger partial charge < -0.3 is 5.11 Å². The fourth-order valence-corrected chi connectivity index (χ4v) is 3.61. The molecule has 2 aromatic carbocycles. The zero-order valence-electron chi connectivity index (χ0n) is 11.8. The SMILES string of the molecule is OC1N=c2ccccc2=NC1NCc1csc2ccccc12. The molecule has 1 aliphatic rings. The molecular formula is C17H15N3OS. The number of aliphatic hydroxyl groups excluding tert-OH is 1. The molecule has 0 spiro atoms. The summed E-state index contributed by atoms with van der Waals surface area (Å²) in [5, 5.41) is 18.4. The average molecular weight is 309 g/mol. The van der Waals surface area contributed by atoms with Gasteiger partial charge in [-0.3, -0.25) is 10.3 Å². The van der Waals surface area contributed by atoms with Gasteiger partial charge in [-0.25, -0.2) is 4.99 Å². The second-order valence-electron chi connectivity index (χ2n) is 5.24. The topological polar surface area (TPSA) is 57.0 Å². The lowest BCUT2D eigenvalue weighted by atomic mass is 10.2. The molecule has 0 fully saturated rings. The summed E-state index contributed by atoms with van der Waals surface area (Å²) < 4.78 is 1.27. The van der Waals surface area contributed by atoms with Crippen molar-refractivity contribution in [3.63, 3.8) is 0 Å². The number of para-hydroxylation sites is 2. The summed E-state index contributed by atoms with van der Waals surface area (Å²) in [4.78, 5) is 8.85. The van der Waals surface area contributed by atoms with Crippen LogP contribution in [0.25, 0.3) is 10.1 Å². The molecule has 1 aromatic heterocycles. The fourth-order valence-electron chi connectivity index (χ4n) is 2.65. The third-order valence-corrected chi connectivity index (χ3v) is 4.79. The van der Waals surface area contributed by atoms with Crippen molar-refractivity contribution in [1.29, 1.82) is 0 Å². The molecule has 22 heavy (non-hydrogen) atoms. The fraction of sp³-hybridized carbons (Fsp3) is 0.176. The Balaban J connectivity index is 1.58. The Bertz CT molecular complexity index is 934. The molecule has 0 amide bonds. The summed E-state index contributed by atoms with van der Waals surface area (Å²) in [5.74, 6) is 0. The van der Waals surface area contributed by atoms with Crippen LogP contribution in [0, 0.1) is 0 Å². The van der Waals surface area contributed by atoms with Crippen molar-refractivity contribution in [2.75, 3.05) is 0 Å². The van der Waals surface area contributed by atoms with E-state index < -0.39 is 12.4 Å². The molecule has 0 radical (unpaired) electrons. The maximum Gasteiger partial charge on any atom is 0.181 e. The zero-order valence-corrected chi connectivity index (χ0v) is 12.6. The zero-order chi connectivity index (χ0) is 14.9. The number of fused-ring (bicyclic) bond motifs is 2. The molecular weight excluding hydrogens is 294 g/mol. The molecule has 1 aliphatic heterocycles. The Morgan fingerprint density at radius 1 is 1.00 bits per heavy atom. The molecule has 3 aromatic rings. The maximum absolute atomic E-state index is 10.1. The molecule has 2 atom stereocenters. The van der Waals surface area contributed by atoms with Crippen molar-refractivity contribution in [3.05, 3.63) is 70.2 Å². The molecule has 0 bridgehead atoms. The first-order valence-corrected chi connectivity index (χ1v) is 8.06. The van der Waals surface area contributed by atoms with Gasteiger partial charge in [0.15, 0.2) is 6.23 Å². The van der Waals surface area contributed by atoms with Crippen LogP contribution in [0.4, 0.5) is 0 Å². The molecule has 0 saturated heterocycles. The number of benzene rings is 2. The first kappa shape index (κ1) is 13.6. The van der Waals surface area contributed by atoms with Crippen LogP contribution < -0.4 is 16.0 Å². The average Bonchev–Trinajstić information content (AvgIpc) is 2.96. The first-order chi connectivity index (χ1) is 10.8. The third kappa shape index (κ3) is 2.43. The van der Waals surface area contributed by atoms with E-state index in [9.17, 15) is 5.11 Å². The summed E-state index contributed by atoms with van der Waals surface area (Å²) in [6.45, 7) is 0.660. The summed E-state index contributed by atoms with van der Waals surface area (Å²) in [6.07, 6.45) is -1.26. The largest absolute Gasteiger partial charge is 0.369 e. The van der Waals surface area contributed by atoms with Crippen molar-refractivity contribution in [2.45, 2.75) is 18.9 Å². The van der Waals surface area contributed by atoms with Gasteiger partial charge in [-0.15, -0.1) is 11.3 Å². The van der Waals surface area contributed by atoms with Crippen LogP contribution in [0.5, 0.6) is 0 Å². The number of thiophene rings is 1. The minimum Gasteiger partial charge on any atom is -0.369 e. The third-order valence-electron chi connectivity index (χ3n) is 3.78. The van der Waals surface area contributed by atoms with E-state index in [2.05, 4.69) is 32.8 Å². The van der Waals surface area contributed by atoms with Crippen molar-refractivity contribution >= 4 is 21.4 Å².